The van der Waals surface area contributed by atoms with E-state index in [4.69, 9.17) is 0 Å². The first kappa shape index (κ1) is 13.4. The van der Waals surface area contributed by atoms with Gasteiger partial charge in [0.25, 0.3) is 0 Å². The van der Waals surface area contributed by atoms with Gasteiger partial charge in [0.1, 0.15) is 0 Å². The number of rotatable bonds is 6. The first-order chi connectivity index (χ1) is 9.22. The second-order valence-corrected chi connectivity index (χ2v) is 4.78. The normalized spacial score (nSPS) is 10.6. The van der Waals surface area contributed by atoms with Crippen molar-refractivity contribution in [3.8, 4) is 0 Å². The van der Waals surface area contributed by atoms with E-state index in [9.17, 15) is 4.79 Å². The number of nitrogens with zero attached hydrogens (tertiary/aromatic N) is 1. The van der Waals surface area contributed by atoms with Crippen LogP contribution in [0.1, 0.15) is 18.4 Å². The number of benzene rings is 1. The van der Waals surface area contributed by atoms with Crippen LogP contribution in [0.25, 0.3) is 10.9 Å². The number of allylic oxidation sites excluding steroid dienone is 1. The molecule has 2 rings (SSSR count). The number of aromatic nitrogens is 1. The largest absolute Gasteiger partial charge is 0.361 e. The maximum absolute atomic E-state index is 12.1. The fourth-order valence-corrected chi connectivity index (χ4v) is 2.17. The molecule has 3 nitrogen and oxygen atoms in total. The van der Waals surface area contributed by atoms with Crippen LogP contribution < -0.4 is 0 Å². The highest BCUT2D eigenvalue weighted by Gasteiger charge is 2.12. The van der Waals surface area contributed by atoms with Crippen molar-refractivity contribution >= 4 is 16.8 Å². The van der Waals surface area contributed by atoms with Crippen LogP contribution in [-0.4, -0.2) is 29.4 Å². The van der Waals surface area contributed by atoms with E-state index in [0.717, 1.165) is 35.9 Å². The smallest absolute Gasteiger partial charge is 0.226 e. The number of nitrogens with one attached hydrogen (secondary N) is 1. The zero-order valence-corrected chi connectivity index (χ0v) is 11.4. The second-order valence-electron chi connectivity index (χ2n) is 4.78. The van der Waals surface area contributed by atoms with E-state index in [-0.39, 0.29) is 5.91 Å². The maximum atomic E-state index is 12.1. The summed E-state index contributed by atoms with van der Waals surface area (Å²) in [4.78, 5) is 17.1. The van der Waals surface area contributed by atoms with E-state index in [1.165, 1.54) is 0 Å². The van der Waals surface area contributed by atoms with Gasteiger partial charge in [-0.3, -0.25) is 4.79 Å². The molecule has 19 heavy (non-hydrogen) atoms. The molecular formula is C16H20N2O. The Morgan fingerprint density at radius 3 is 3.00 bits per heavy atom. The SMILES string of the molecule is C=CCCCN(C)C(=O)Cc1c[nH]c2ccccc12. The molecule has 1 heterocycles. The molecule has 0 aliphatic carbocycles. The number of aromatic amines is 1. The third-order valence-electron chi connectivity index (χ3n) is 3.34. The Balaban J connectivity index is 2.00. The van der Waals surface area contributed by atoms with Crippen molar-refractivity contribution in [3.63, 3.8) is 0 Å². The first-order valence-corrected chi connectivity index (χ1v) is 6.62. The van der Waals surface area contributed by atoms with Crippen LogP contribution in [0.4, 0.5) is 0 Å². The lowest BCUT2D eigenvalue weighted by Crippen LogP contribution is -2.29. The number of unbranched alkanes of at least 4 members (excludes halogenated alkanes) is 1. The van der Waals surface area contributed by atoms with Crippen LogP contribution in [0.15, 0.2) is 43.1 Å². The Kier molecular flexibility index (Phi) is 4.39. The minimum atomic E-state index is 0.161. The van der Waals surface area contributed by atoms with Crippen LogP contribution in [-0.2, 0) is 11.2 Å². The number of amides is 1. The van der Waals surface area contributed by atoms with Gasteiger partial charge in [0.05, 0.1) is 6.42 Å². The van der Waals surface area contributed by atoms with Gasteiger partial charge in [-0.2, -0.15) is 0 Å². The molecule has 0 unspecified atom stereocenters. The quantitative estimate of drug-likeness (QED) is 0.625. The Labute approximate surface area is 113 Å². The van der Waals surface area contributed by atoms with Crippen molar-refractivity contribution in [3.05, 3.63) is 48.7 Å². The number of hydrogen-bond donors (Lipinski definition) is 1. The molecule has 1 amide bonds. The number of carbonyl (C=O) groups excluding carboxylic acids is 1. The van der Waals surface area contributed by atoms with Crippen LogP contribution in [0, 0.1) is 0 Å². The summed E-state index contributed by atoms with van der Waals surface area (Å²) in [5.41, 5.74) is 2.15. The van der Waals surface area contributed by atoms with Gasteiger partial charge in [0.2, 0.25) is 5.91 Å². The zero-order valence-electron chi connectivity index (χ0n) is 11.4. The number of hydrogen-bond acceptors (Lipinski definition) is 1. The van der Waals surface area contributed by atoms with Crippen molar-refractivity contribution in [2.75, 3.05) is 13.6 Å². The first-order valence-electron chi connectivity index (χ1n) is 6.62. The summed E-state index contributed by atoms with van der Waals surface area (Å²) in [6.45, 7) is 4.47. The summed E-state index contributed by atoms with van der Waals surface area (Å²) < 4.78 is 0. The molecule has 0 saturated carbocycles. The van der Waals surface area contributed by atoms with Crippen molar-refractivity contribution in [1.82, 2.24) is 9.88 Å². The molecule has 100 valence electrons. The summed E-state index contributed by atoms with van der Waals surface area (Å²) in [5.74, 6) is 0.161. The molecule has 0 aliphatic heterocycles. The molecule has 0 fully saturated rings. The number of H-pyrrole nitrogens is 1. The summed E-state index contributed by atoms with van der Waals surface area (Å²) in [6, 6.07) is 8.06. The molecule has 1 aromatic carbocycles. The average molecular weight is 256 g/mol. The highest BCUT2D eigenvalue weighted by atomic mass is 16.2. The van der Waals surface area contributed by atoms with Gasteiger partial charge in [-0.25, -0.2) is 0 Å². The zero-order chi connectivity index (χ0) is 13.7. The fraction of sp³-hybridized carbons (Fsp3) is 0.312. The molecule has 0 atom stereocenters. The Morgan fingerprint density at radius 2 is 2.21 bits per heavy atom. The number of carbonyl (C=O) groups is 1. The monoisotopic (exact) mass is 256 g/mol. The highest BCUT2D eigenvalue weighted by Crippen LogP contribution is 2.18. The van der Waals surface area contributed by atoms with E-state index in [1.54, 1.807) is 4.90 Å². The van der Waals surface area contributed by atoms with Crippen molar-refractivity contribution < 1.29 is 4.79 Å². The Hall–Kier alpha value is -2.03. The highest BCUT2D eigenvalue weighted by molar-refractivity contribution is 5.88. The average Bonchev–Trinajstić information content (AvgIpc) is 2.82. The van der Waals surface area contributed by atoms with Crippen molar-refractivity contribution in [2.24, 2.45) is 0 Å². The lowest BCUT2D eigenvalue weighted by atomic mass is 10.1. The number of para-hydroxylation sites is 1. The molecule has 0 saturated heterocycles. The fourth-order valence-electron chi connectivity index (χ4n) is 2.17. The van der Waals surface area contributed by atoms with Gasteiger partial charge in [-0.15, -0.1) is 6.58 Å². The maximum Gasteiger partial charge on any atom is 0.226 e. The molecule has 0 bridgehead atoms. The molecule has 0 radical (unpaired) electrons. The predicted octanol–water partition coefficient (Wildman–Crippen LogP) is 3.14. The molecular weight excluding hydrogens is 236 g/mol. The van der Waals surface area contributed by atoms with Gasteiger partial charge in [-0.05, 0) is 24.5 Å². The standard InChI is InChI=1S/C16H20N2O/c1-3-4-7-10-18(2)16(19)11-13-12-17-15-9-6-5-8-14(13)15/h3,5-6,8-9,12,17H,1,4,7,10-11H2,2H3. The predicted molar refractivity (Wildman–Crippen MR) is 79.1 cm³/mol. The van der Waals surface area contributed by atoms with Crippen molar-refractivity contribution in [2.45, 2.75) is 19.3 Å². The summed E-state index contributed by atoms with van der Waals surface area (Å²) in [5, 5.41) is 1.13. The minimum absolute atomic E-state index is 0.161. The van der Waals surface area contributed by atoms with Gasteiger partial charge in [0.15, 0.2) is 0 Å². The Bertz CT molecular complexity index is 571. The molecule has 3 heteroatoms. The topological polar surface area (TPSA) is 36.1 Å². The summed E-state index contributed by atoms with van der Waals surface area (Å²) >= 11 is 0. The van der Waals surface area contributed by atoms with Crippen LogP contribution >= 0.6 is 0 Å². The van der Waals surface area contributed by atoms with Crippen LogP contribution in [0.3, 0.4) is 0 Å². The number of fused-ring (bicyclic) bond motifs is 1. The molecule has 2 aromatic rings. The molecule has 1 aromatic heterocycles. The molecule has 1 N–H and O–H groups in total. The number of likely N-dealkylation sites (N-methyl/N-ethyl adjacent to an activating group) is 1. The van der Waals surface area contributed by atoms with E-state index >= 15 is 0 Å². The van der Waals surface area contributed by atoms with Gasteiger partial charge in [-0.1, -0.05) is 24.3 Å². The lowest BCUT2D eigenvalue weighted by Gasteiger charge is -2.16. The van der Waals surface area contributed by atoms with Crippen molar-refractivity contribution in [1.29, 1.82) is 0 Å². The van der Waals surface area contributed by atoms with Gasteiger partial charge in [0, 0.05) is 30.7 Å². The van der Waals surface area contributed by atoms with E-state index in [0.29, 0.717) is 6.42 Å². The van der Waals surface area contributed by atoms with E-state index < -0.39 is 0 Å². The summed E-state index contributed by atoms with van der Waals surface area (Å²) in [6.07, 6.45) is 6.19. The van der Waals surface area contributed by atoms with Gasteiger partial charge < -0.3 is 9.88 Å². The van der Waals surface area contributed by atoms with Crippen LogP contribution in [0.5, 0.6) is 0 Å². The van der Waals surface area contributed by atoms with Gasteiger partial charge >= 0.3 is 0 Å². The molecule has 0 spiro atoms. The lowest BCUT2D eigenvalue weighted by molar-refractivity contribution is -0.129. The van der Waals surface area contributed by atoms with E-state index in [1.807, 2.05) is 43.6 Å². The Morgan fingerprint density at radius 1 is 1.42 bits per heavy atom. The summed E-state index contributed by atoms with van der Waals surface area (Å²) in [7, 11) is 1.86. The van der Waals surface area contributed by atoms with E-state index in [2.05, 4.69) is 11.6 Å². The van der Waals surface area contributed by atoms with Crippen LogP contribution in [0.2, 0.25) is 0 Å². The third-order valence-corrected chi connectivity index (χ3v) is 3.34. The molecule has 0 aliphatic rings. The second kappa shape index (κ2) is 6.23. The third kappa shape index (κ3) is 3.25. The minimum Gasteiger partial charge on any atom is -0.361 e.